The van der Waals surface area contributed by atoms with Gasteiger partial charge in [-0.25, -0.2) is 13.6 Å². The minimum absolute atomic E-state index is 0.0191. The van der Waals surface area contributed by atoms with Gasteiger partial charge in [-0.05, 0) is 76.0 Å². The number of aryl methyl sites for hydroxylation is 1. The molecule has 0 spiro atoms. The van der Waals surface area contributed by atoms with Gasteiger partial charge in [0, 0.05) is 42.7 Å². The van der Waals surface area contributed by atoms with Gasteiger partial charge < -0.3 is 14.6 Å². The summed E-state index contributed by atoms with van der Waals surface area (Å²) in [6.45, 7) is 3.21. The maximum Gasteiger partial charge on any atom is 0.417 e. The lowest BCUT2D eigenvalue weighted by molar-refractivity contribution is -0.123. The van der Waals surface area contributed by atoms with E-state index in [-0.39, 0.29) is 18.4 Å². The highest BCUT2D eigenvalue weighted by atomic mass is 19.3. The van der Waals surface area contributed by atoms with Crippen molar-refractivity contribution in [3.8, 4) is 0 Å². The van der Waals surface area contributed by atoms with Gasteiger partial charge in [-0.2, -0.15) is 0 Å². The Morgan fingerprint density at radius 1 is 1.31 bits per heavy atom. The van der Waals surface area contributed by atoms with E-state index in [1.165, 1.54) is 0 Å². The van der Waals surface area contributed by atoms with Crippen LogP contribution in [-0.4, -0.2) is 53.4 Å². The van der Waals surface area contributed by atoms with Crippen molar-refractivity contribution in [2.24, 2.45) is 5.41 Å². The number of nitrogens with zero attached hydrogens (tertiary/aromatic N) is 2. The maximum atomic E-state index is 14.6. The number of carbonyl (C=O) groups is 1. The summed E-state index contributed by atoms with van der Waals surface area (Å²) in [6, 6.07) is 7.21. The van der Waals surface area contributed by atoms with E-state index in [1.54, 1.807) is 24.5 Å². The van der Waals surface area contributed by atoms with E-state index < -0.39 is 23.0 Å². The van der Waals surface area contributed by atoms with Crippen LogP contribution in [0.1, 0.15) is 48.8 Å². The highest BCUT2D eigenvalue weighted by molar-refractivity contribution is 5.78. The lowest BCUT2D eigenvalue weighted by Gasteiger charge is -2.32. The summed E-state index contributed by atoms with van der Waals surface area (Å²) in [5.74, 6) is -4.24. The third-order valence-electron chi connectivity index (χ3n) is 7.48. The molecule has 188 valence electrons. The first-order chi connectivity index (χ1) is 16.5. The normalized spacial score (nSPS) is 16.9. The van der Waals surface area contributed by atoms with Crippen LogP contribution in [0.4, 0.5) is 8.78 Å². The van der Waals surface area contributed by atoms with Crippen molar-refractivity contribution in [2.75, 3.05) is 20.6 Å². The summed E-state index contributed by atoms with van der Waals surface area (Å²) in [6.07, 6.45) is 4.57. The number of benzene rings is 1. The first-order valence-corrected chi connectivity index (χ1v) is 11.8. The fourth-order valence-electron chi connectivity index (χ4n) is 5.03. The Bertz CT molecular complexity index is 1240. The standard InChI is InChI=1S/C26H32F2N4O3/c1-16-17(7-8-21-23(16)35-24(34)31-21)12-19(32(3)4)15-30-22(33)13-20(18-6-5-11-29-14-18)26(9-10-26)25(2,27)28/h5-8,11,14,19-20H,9-10,12-13,15H2,1-4H3,(H,30,33)(H,31,34)/t19-,20+/m0/s1. The molecular weight excluding hydrogens is 454 g/mol. The van der Waals surface area contributed by atoms with Crippen molar-refractivity contribution in [3.05, 3.63) is 63.9 Å². The van der Waals surface area contributed by atoms with Gasteiger partial charge in [0.25, 0.3) is 5.92 Å². The number of H-pyrrole nitrogens is 1. The molecule has 1 aliphatic rings. The quantitative estimate of drug-likeness (QED) is 0.452. The molecule has 0 radical (unpaired) electrons. The van der Waals surface area contributed by atoms with E-state index >= 15 is 0 Å². The third-order valence-corrected chi connectivity index (χ3v) is 7.48. The number of aromatic amines is 1. The zero-order chi connectivity index (χ0) is 25.4. The van der Waals surface area contributed by atoms with Gasteiger partial charge in [-0.15, -0.1) is 0 Å². The second-order valence-electron chi connectivity index (χ2n) is 9.95. The fourth-order valence-corrected chi connectivity index (χ4v) is 5.03. The Hall–Kier alpha value is -3.07. The number of hydrogen-bond donors (Lipinski definition) is 2. The smallest absolute Gasteiger partial charge is 0.408 e. The van der Waals surface area contributed by atoms with Crippen molar-refractivity contribution in [3.63, 3.8) is 0 Å². The molecule has 1 saturated carbocycles. The van der Waals surface area contributed by atoms with Crippen LogP contribution in [0.2, 0.25) is 0 Å². The fraction of sp³-hybridized carbons (Fsp3) is 0.500. The van der Waals surface area contributed by atoms with E-state index in [0.29, 0.717) is 42.5 Å². The van der Waals surface area contributed by atoms with Gasteiger partial charge in [-0.1, -0.05) is 12.1 Å². The van der Waals surface area contributed by atoms with E-state index in [9.17, 15) is 18.4 Å². The molecule has 2 atom stereocenters. The molecular formula is C26H32F2N4O3. The van der Waals surface area contributed by atoms with Crippen LogP contribution in [0.3, 0.4) is 0 Å². The third kappa shape index (κ3) is 5.15. The zero-order valence-corrected chi connectivity index (χ0v) is 20.5. The number of rotatable bonds is 10. The van der Waals surface area contributed by atoms with Gasteiger partial charge in [0.05, 0.1) is 5.52 Å². The van der Waals surface area contributed by atoms with Gasteiger partial charge in [-0.3, -0.25) is 14.8 Å². The number of hydrogen-bond acceptors (Lipinski definition) is 5. The van der Waals surface area contributed by atoms with Crippen LogP contribution in [0.15, 0.2) is 45.9 Å². The minimum Gasteiger partial charge on any atom is -0.408 e. The van der Waals surface area contributed by atoms with Crippen molar-refractivity contribution in [1.29, 1.82) is 0 Å². The Balaban J connectivity index is 1.46. The highest BCUT2D eigenvalue weighted by Crippen LogP contribution is 2.65. The predicted octanol–water partition coefficient (Wildman–Crippen LogP) is 4.02. The minimum atomic E-state index is -2.89. The molecule has 7 nitrogen and oxygen atoms in total. The number of alkyl halides is 2. The Kier molecular flexibility index (Phi) is 6.81. The first-order valence-electron chi connectivity index (χ1n) is 11.8. The monoisotopic (exact) mass is 486 g/mol. The second kappa shape index (κ2) is 9.53. The van der Waals surface area contributed by atoms with Gasteiger partial charge in [0.1, 0.15) is 0 Å². The van der Waals surface area contributed by atoms with Crippen molar-refractivity contribution < 1.29 is 18.0 Å². The predicted molar refractivity (Wildman–Crippen MR) is 130 cm³/mol. The average molecular weight is 487 g/mol. The summed E-state index contributed by atoms with van der Waals surface area (Å²) < 4.78 is 34.4. The van der Waals surface area contributed by atoms with E-state index in [1.807, 2.05) is 38.1 Å². The van der Waals surface area contributed by atoms with Crippen LogP contribution in [0.25, 0.3) is 11.1 Å². The SMILES string of the molecule is Cc1c(C[C@@H](CNC(=O)C[C@H](c2cccnc2)C2(C(C)(F)F)CC2)N(C)C)ccc2[nH]c(=O)oc12. The van der Waals surface area contributed by atoms with Crippen LogP contribution in [0.5, 0.6) is 0 Å². The number of halogens is 2. The average Bonchev–Trinajstić information content (AvgIpc) is 3.53. The molecule has 1 aromatic carbocycles. The maximum absolute atomic E-state index is 14.6. The number of fused-ring (bicyclic) bond motifs is 1. The summed E-state index contributed by atoms with van der Waals surface area (Å²) in [5.41, 5.74) is 2.52. The number of likely N-dealkylation sites (N-methyl/N-ethyl adjacent to an activating group) is 1. The van der Waals surface area contributed by atoms with Crippen molar-refractivity contribution in [1.82, 2.24) is 20.2 Å². The highest BCUT2D eigenvalue weighted by Gasteiger charge is 2.63. The molecule has 0 unspecified atom stereocenters. The molecule has 1 aliphatic carbocycles. The van der Waals surface area contributed by atoms with Gasteiger partial charge >= 0.3 is 5.76 Å². The Morgan fingerprint density at radius 3 is 2.66 bits per heavy atom. The first kappa shape index (κ1) is 25.0. The summed E-state index contributed by atoms with van der Waals surface area (Å²) in [5, 5.41) is 2.97. The van der Waals surface area contributed by atoms with Crippen molar-refractivity contribution >= 4 is 17.0 Å². The molecule has 0 saturated heterocycles. The molecule has 2 aromatic heterocycles. The second-order valence-corrected chi connectivity index (χ2v) is 9.95. The van der Waals surface area contributed by atoms with Crippen LogP contribution in [-0.2, 0) is 11.2 Å². The molecule has 0 bridgehead atoms. The van der Waals surface area contributed by atoms with E-state index in [4.69, 9.17) is 4.42 Å². The topological polar surface area (TPSA) is 91.2 Å². The van der Waals surface area contributed by atoms with Crippen LogP contribution >= 0.6 is 0 Å². The van der Waals surface area contributed by atoms with Gasteiger partial charge in [0.2, 0.25) is 5.91 Å². The molecule has 2 N–H and O–H groups in total. The van der Waals surface area contributed by atoms with Crippen molar-refractivity contribution in [2.45, 2.75) is 57.4 Å². The molecule has 3 aromatic rings. The lowest BCUT2D eigenvalue weighted by Crippen LogP contribution is -2.43. The molecule has 2 heterocycles. The number of carbonyl (C=O) groups excluding carboxylic acids is 1. The molecule has 4 rings (SSSR count). The zero-order valence-electron chi connectivity index (χ0n) is 20.5. The molecule has 35 heavy (non-hydrogen) atoms. The summed E-state index contributed by atoms with van der Waals surface area (Å²) >= 11 is 0. The van der Waals surface area contributed by atoms with E-state index in [0.717, 1.165) is 18.1 Å². The summed E-state index contributed by atoms with van der Waals surface area (Å²) in [7, 11) is 3.85. The largest absolute Gasteiger partial charge is 0.417 e. The molecule has 0 aliphatic heterocycles. The Labute approximate surface area is 202 Å². The number of oxazole rings is 1. The van der Waals surface area contributed by atoms with Gasteiger partial charge in [0.15, 0.2) is 5.58 Å². The molecule has 1 amide bonds. The number of aromatic nitrogens is 2. The summed E-state index contributed by atoms with van der Waals surface area (Å²) in [4.78, 5) is 33.3. The van der Waals surface area contributed by atoms with Crippen LogP contribution < -0.4 is 11.1 Å². The lowest BCUT2D eigenvalue weighted by atomic mass is 9.77. The molecule has 9 heteroatoms. The molecule has 1 fully saturated rings. The Morgan fingerprint density at radius 2 is 2.06 bits per heavy atom. The van der Waals surface area contributed by atoms with E-state index in [2.05, 4.69) is 15.3 Å². The number of pyridine rings is 1. The number of nitrogens with one attached hydrogen (secondary N) is 2. The van der Waals surface area contributed by atoms with Crippen LogP contribution in [0, 0.1) is 12.3 Å². The number of amides is 1.